The summed E-state index contributed by atoms with van der Waals surface area (Å²) in [6.45, 7) is 4.22. The van der Waals surface area contributed by atoms with Gasteiger partial charge in [0.15, 0.2) is 5.76 Å². The summed E-state index contributed by atoms with van der Waals surface area (Å²) >= 11 is 0. The molecule has 0 spiro atoms. The van der Waals surface area contributed by atoms with Crippen LogP contribution in [0.5, 0.6) is 5.75 Å². The highest BCUT2D eigenvalue weighted by Gasteiger charge is 2.24. The molecule has 170 valence electrons. The van der Waals surface area contributed by atoms with E-state index in [1.807, 2.05) is 0 Å². The molecule has 0 unspecified atom stereocenters. The molecule has 0 aliphatic carbocycles. The van der Waals surface area contributed by atoms with Gasteiger partial charge in [0.1, 0.15) is 22.0 Å². The number of nitrogens with zero attached hydrogens (tertiary/aromatic N) is 3. The van der Waals surface area contributed by atoms with Crippen molar-refractivity contribution in [2.24, 2.45) is 0 Å². The summed E-state index contributed by atoms with van der Waals surface area (Å²) < 4.78 is 45.7. The summed E-state index contributed by atoms with van der Waals surface area (Å²) in [4.78, 5) is 12.4. The van der Waals surface area contributed by atoms with Crippen LogP contribution in [0.2, 0.25) is 0 Å². The third-order valence-electron chi connectivity index (χ3n) is 5.28. The van der Waals surface area contributed by atoms with Crippen molar-refractivity contribution < 1.29 is 22.4 Å². The van der Waals surface area contributed by atoms with Gasteiger partial charge in [0, 0.05) is 24.8 Å². The molecule has 3 aromatic rings. The molecule has 10 nitrogen and oxygen atoms in total. The second-order valence-corrected chi connectivity index (χ2v) is 9.23. The Kier molecular flexibility index (Phi) is 6.13. The SMILES string of the molecule is COc1ccc(-c2ccc(=O)n(-c3c(C)noc3C)n2)cc1S(=O)(=O)NC[C@H]1CCCO1. The Labute approximate surface area is 185 Å². The largest absolute Gasteiger partial charge is 0.495 e. The van der Waals surface area contributed by atoms with Crippen molar-refractivity contribution in [1.82, 2.24) is 19.7 Å². The van der Waals surface area contributed by atoms with E-state index in [0.29, 0.717) is 35.0 Å². The van der Waals surface area contributed by atoms with E-state index in [4.69, 9.17) is 14.0 Å². The first kappa shape index (κ1) is 22.2. The van der Waals surface area contributed by atoms with Gasteiger partial charge in [0.05, 0.1) is 18.9 Å². The lowest BCUT2D eigenvalue weighted by atomic mass is 10.1. The zero-order valence-electron chi connectivity index (χ0n) is 18.0. The van der Waals surface area contributed by atoms with Gasteiger partial charge >= 0.3 is 0 Å². The van der Waals surface area contributed by atoms with E-state index in [2.05, 4.69) is 15.0 Å². The molecule has 32 heavy (non-hydrogen) atoms. The number of ether oxygens (including phenoxy) is 2. The Morgan fingerprint density at radius 3 is 2.72 bits per heavy atom. The van der Waals surface area contributed by atoms with E-state index in [1.54, 1.807) is 26.0 Å². The van der Waals surface area contributed by atoms with Crippen LogP contribution in [0.15, 0.2) is 44.5 Å². The van der Waals surface area contributed by atoms with Gasteiger partial charge in [0.2, 0.25) is 10.0 Å². The summed E-state index contributed by atoms with van der Waals surface area (Å²) in [5.74, 6) is 0.651. The van der Waals surface area contributed by atoms with Crippen LogP contribution < -0.4 is 15.0 Å². The maximum absolute atomic E-state index is 13.0. The van der Waals surface area contributed by atoms with Crippen LogP contribution in [0, 0.1) is 13.8 Å². The van der Waals surface area contributed by atoms with Gasteiger partial charge in [-0.2, -0.15) is 9.78 Å². The van der Waals surface area contributed by atoms with Crippen molar-refractivity contribution in [1.29, 1.82) is 0 Å². The second kappa shape index (κ2) is 8.85. The smallest absolute Gasteiger partial charge is 0.271 e. The molecule has 0 saturated carbocycles. The lowest BCUT2D eigenvalue weighted by Crippen LogP contribution is -2.32. The van der Waals surface area contributed by atoms with Crippen LogP contribution in [0.4, 0.5) is 0 Å². The second-order valence-electron chi connectivity index (χ2n) is 7.49. The number of aryl methyl sites for hydroxylation is 2. The summed E-state index contributed by atoms with van der Waals surface area (Å²) in [6, 6.07) is 7.61. The zero-order chi connectivity index (χ0) is 22.9. The summed E-state index contributed by atoms with van der Waals surface area (Å²) in [7, 11) is -2.47. The van der Waals surface area contributed by atoms with Crippen LogP contribution in [-0.4, -0.2) is 49.7 Å². The fraction of sp³-hybridized carbons (Fsp3) is 0.381. The van der Waals surface area contributed by atoms with Gasteiger partial charge in [-0.3, -0.25) is 4.79 Å². The first-order valence-corrected chi connectivity index (χ1v) is 11.6. The molecule has 1 fully saturated rings. The maximum Gasteiger partial charge on any atom is 0.271 e. The summed E-state index contributed by atoms with van der Waals surface area (Å²) in [6.07, 6.45) is 1.59. The van der Waals surface area contributed by atoms with Gasteiger partial charge in [0.25, 0.3) is 5.56 Å². The molecule has 1 N–H and O–H groups in total. The number of aromatic nitrogens is 3. The van der Waals surface area contributed by atoms with Crippen molar-refractivity contribution in [3.8, 4) is 22.7 Å². The minimum absolute atomic E-state index is 0.0209. The molecule has 0 amide bonds. The summed E-state index contributed by atoms with van der Waals surface area (Å²) in [5.41, 5.74) is 1.52. The molecule has 3 heterocycles. The van der Waals surface area contributed by atoms with Crippen molar-refractivity contribution in [2.75, 3.05) is 20.3 Å². The number of methoxy groups -OCH3 is 1. The zero-order valence-corrected chi connectivity index (χ0v) is 18.8. The number of hydrogen-bond donors (Lipinski definition) is 1. The Hall–Kier alpha value is -3.02. The number of sulfonamides is 1. The van der Waals surface area contributed by atoms with E-state index >= 15 is 0 Å². The molecular formula is C21H24N4O6S. The predicted octanol–water partition coefficient (Wildman–Crippen LogP) is 1.97. The van der Waals surface area contributed by atoms with E-state index in [0.717, 1.165) is 12.8 Å². The Bertz CT molecular complexity index is 1270. The van der Waals surface area contributed by atoms with Crippen molar-refractivity contribution in [3.05, 3.63) is 52.1 Å². The monoisotopic (exact) mass is 460 g/mol. The minimum Gasteiger partial charge on any atom is -0.495 e. The predicted molar refractivity (Wildman–Crippen MR) is 116 cm³/mol. The molecule has 1 saturated heterocycles. The minimum atomic E-state index is -3.87. The third-order valence-corrected chi connectivity index (χ3v) is 6.73. The lowest BCUT2D eigenvalue weighted by Gasteiger charge is -2.15. The molecule has 4 rings (SSSR count). The fourth-order valence-corrected chi connectivity index (χ4v) is 4.90. The van der Waals surface area contributed by atoms with Gasteiger partial charge in [-0.25, -0.2) is 13.1 Å². The average molecular weight is 461 g/mol. The average Bonchev–Trinajstić information content (AvgIpc) is 3.42. The molecule has 1 aliphatic rings. The van der Waals surface area contributed by atoms with Crippen LogP contribution in [-0.2, 0) is 14.8 Å². The summed E-state index contributed by atoms with van der Waals surface area (Å²) in [5, 5.41) is 8.29. The molecule has 1 atom stereocenters. The first-order chi connectivity index (χ1) is 15.3. The lowest BCUT2D eigenvalue weighted by molar-refractivity contribution is 0.114. The van der Waals surface area contributed by atoms with Crippen molar-refractivity contribution in [3.63, 3.8) is 0 Å². The molecule has 11 heteroatoms. The molecule has 2 aromatic heterocycles. The van der Waals surface area contributed by atoms with Gasteiger partial charge < -0.3 is 14.0 Å². The highest BCUT2D eigenvalue weighted by Crippen LogP contribution is 2.29. The third kappa shape index (κ3) is 4.31. The van der Waals surface area contributed by atoms with Crippen LogP contribution in [0.25, 0.3) is 16.9 Å². The Morgan fingerprint density at radius 1 is 1.25 bits per heavy atom. The molecular weight excluding hydrogens is 436 g/mol. The van der Waals surface area contributed by atoms with E-state index < -0.39 is 10.0 Å². The molecule has 0 radical (unpaired) electrons. The molecule has 0 bridgehead atoms. The van der Waals surface area contributed by atoms with Crippen LogP contribution in [0.1, 0.15) is 24.3 Å². The van der Waals surface area contributed by atoms with E-state index in [9.17, 15) is 13.2 Å². The highest BCUT2D eigenvalue weighted by molar-refractivity contribution is 7.89. The van der Waals surface area contributed by atoms with Gasteiger partial charge in [-0.15, -0.1) is 0 Å². The topological polar surface area (TPSA) is 126 Å². The van der Waals surface area contributed by atoms with Crippen molar-refractivity contribution in [2.45, 2.75) is 37.7 Å². The number of benzene rings is 1. The van der Waals surface area contributed by atoms with Crippen molar-refractivity contribution >= 4 is 10.0 Å². The maximum atomic E-state index is 13.0. The first-order valence-electron chi connectivity index (χ1n) is 10.1. The quantitative estimate of drug-likeness (QED) is 0.567. The standard InChI is InChI=1S/C21H24N4O6S/c1-13-21(14(2)31-24-13)25-20(26)9-7-17(23-25)15-6-8-18(29-3)19(11-15)32(27,28)22-12-16-5-4-10-30-16/h6-9,11,16,22H,4-5,10,12H2,1-3H3/t16-/m1/s1. The number of nitrogens with one attached hydrogen (secondary N) is 1. The molecule has 1 aromatic carbocycles. The molecule has 1 aliphatic heterocycles. The van der Waals surface area contributed by atoms with E-state index in [-0.39, 0.29) is 28.9 Å². The Morgan fingerprint density at radius 2 is 2.06 bits per heavy atom. The fourth-order valence-electron chi connectivity index (χ4n) is 3.64. The Balaban J connectivity index is 1.72. The van der Waals surface area contributed by atoms with Gasteiger partial charge in [-0.05, 0) is 51.0 Å². The highest BCUT2D eigenvalue weighted by atomic mass is 32.2. The van der Waals surface area contributed by atoms with E-state index in [1.165, 1.54) is 30.0 Å². The normalized spacial score (nSPS) is 16.4. The number of hydrogen-bond acceptors (Lipinski definition) is 8. The number of rotatable bonds is 7. The van der Waals surface area contributed by atoms with Crippen LogP contribution in [0.3, 0.4) is 0 Å². The van der Waals surface area contributed by atoms with Gasteiger partial charge in [-0.1, -0.05) is 5.16 Å². The van der Waals surface area contributed by atoms with Crippen LogP contribution >= 0.6 is 0 Å².